The number of hydrogen-bond acceptors (Lipinski definition) is 4. The Bertz CT molecular complexity index is 520. The van der Waals surface area contributed by atoms with Gasteiger partial charge in [-0.2, -0.15) is 0 Å². The van der Waals surface area contributed by atoms with E-state index in [1.54, 1.807) is 18.3 Å². The number of aliphatic hydroxyl groups is 1. The molecule has 0 aromatic carbocycles. The van der Waals surface area contributed by atoms with Crippen LogP contribution < -0.4 is 4.90 Å². The van der Waals surface area contributed by atoms with Gasteiger partial charge in [-0.15, -0.1) is 0 Å². The van der Waals surface area contributed by atoms with Gasteiger partial charge >= 0.3 is 5.97 Å². The van der Waals surface area contributed by atoms with Gasteiger partial charge < -0.3 is 15.1 Å². The van der Waals surface area contributed by atoms with E-state index in [1.807, 2.05) is 4.90 Å². The minimum absolute atomic E-state index is 0.0639. The molecule has 2 fully saturated rings. The molecule has 1 aromatic rings. The second kappa shape index (κ2) is 5.05. The van der Waals surface area contributed by atoms with Gasteiger partial charge in [0.15, 0.2) is 0 Å². The molecular weight excluding hydrogens is 256 g/mol. The van der Waals surface area contributed by atoms with Crippen molar-refractivity contribution in [1.82, 2.24) is 4.98 Å². The largest absolute Gasteiger partial charge is 0.478 e. The Hall–Kier alpha value is -1.62. The lowest BCUT2D eigenvalue weighted by molar-refractivity contribution is 0.0407. The first-order valence-corrected chi connectivity index (χ1v) is 7.24. The maximum absolute atomic E-state index is 11.3. The zero-order valence-electron chi connectivity index (χ0n) is 11.5. The lowest BCUT2D eigenvalue weighted by atomic mass is 9.76. The van der Waals surface area contributed by atoms with Crippen molar-refractivity contribution in [3.63, 3.8) is 0 Å². The topological polar surface area (TPSA) is 73.7 Å². The highest BCUT2D eigenvalue weighted by molar-refractivity contribution is 5.93. The molecule has 1 aromatic heterocycles. The minimum atomic E-state index is -0.945. The van der Waals surface area contributed by atoms with Gasteiger partial charge in [-0.1, -0.05) is 6.42 Å². The SMILES string of the molecule is O=C(O)c1cccnc1N1CCC[C@]2(CCC[C@H]2O)C1. The predicted octanol–water partition coefficient (Wildman–Crippen LogP) is 1.91. The van der Waals surface area contributed by atoms with Crippen molar-refractivity contribution in [3.8, 4) is 0 Å². The van der Waals surface area contributed by atoms with Crippen molar-refractivity contribution in [3.05, 3.63) is 23.9 Å². The van der Waals surface area contributed by atoms with Crippen molar-refractivity contribution < 1.29 is 15.0 Å². The summed E-state index contributed by atoms with van der Waals surface area (Å²) in [5.41, 5.74) is 0.183. The fraction of sp³-hybridized carbons (Fsp3) is 0.600. The molecule has 2 atom stereocenters. The van der Waals surface area contributed by atoms with Gasteiger partial charge in [-0.25, -0.2) is 9.78 Å². The molecule has 1 spiro atoms. The molecular formula is C15H20N2O3. The van der Waals surface area contributed by atoms with Gasteiger partial charge in [0.2, 0.25) is 0 Å². The van der Waals surface area contributed by atoms with Gasteiger partial charge in [0, 0.05) is 24.7 Å². The quantitative estimate of drug-likeness (QED) is 0.863. The van der Waals surface area contributed by atoms with Crippen LogP contribution in [0, 0.1) is 5.41 Å². The van der Waals surface area contributed by atoms with E-state index < -0.39 is 5.97 Å². The van der Waals surface area contributed by atoms with E-state index in [9.17, 15) is 15.0 Å². The number of aromatic carboxylic acids is 1. The van der Waals surface area contributed by atoms with E-state index in [-0.39, 0.29) is 17.1 Å². The molecule has 0 unspecified atom stereocenters. The molecule has 2 N–H and O–H groups in total. The third-order valence-electron chi connectivity index (χ3n) is 4.78. The lowest BCUT2D eigenvalue weighted by Crippen LogP contribution is -2.48. The second-order valence-electron chi connectivity index (χ2n) is 5.98. The van der Waals surface area contributed by atoms with Crippen LogP contribution in [-0.4, -0.2) is 40.4 Å². The number of aliphatic hydroxyl groups excluding tert-OH is 1. The Morgan fingerprint density at radius 3 is 2.90 bits per heavy atom. The summed E-state index contributed by atoms with van der Waals surface area (Å²) in [6.45, 7) is 1.53. The van der Waals surface area contributed by atoms with Gasteiger partial charge in [0.1, 0.15) is 11.4 Å². The molecule has 1 aliphatic carbocycles. The lowest BCUT2D eigenvalue weighted by Gasteiger charge is -2.43. The average Bonchev–Trinajstić information content (AvgIpc) is 2.79. The van der Waals surface area contributed by atoms with Crippen LogP contribution in [0.4, 0.5) is 5.82 Å². The number of piperidine rings is 1. The minimum Gasteiger partial charge on any atom is -0.478 e. The smallest absolute Gasteiger partial charge is 0.339 e. The van der Waals surface area contributed by atoms with Crippen molar-refractivity contribution in [1.29, 1.82) is 0 Å². The third-order valence-corrected chi connectivity index (χ3v) is 4.78. The summed E-state index contributed by atoms with van der Waals surface area (Å²) in [6.07, 6.45) is 6.33. The van der Waals surface area contributed by atoms with Crippen molar-refractivity contribution >= 4 is 11.8 Å². The van der Waals surface area contributed by atoms with Gasteiger partial charge in [0.05, 0.1) is 6.10 Å². The summed E-state index contributed by atoms with van der Waals surface area (Å²) in [7, 11) is 0. The highest BCUT2D eigenvalue weighted by Crippen LogP contribution is 2.45. The number of rotatable bonds is 2. The standard InChI is InChI=1S/C15H20N2O3/c18-12-5-1-6-15(12)7-3-9-17(10-15)13-11(14(19)20)4-2-8-16-13/h2,4,8,12,18H,1,3,5-7,9-10H2,(H,19,20)/t12-,15-/m1/s1. The molecule has 1 aliphatic heterocycles. The Morgan fingerprint density at radius 2 is 2.20 bits per heavy atom. The summed E-state index contributed by atoms with van der Waals surface area (Å²) < 4.78 is 0. The fourth-order valence-corrected chi connectivity index (χ4v) is 3.75. The van der Waals surface area contributed by atoms with Crippen LogP contribution in [0.5, 0.6) is 0 Å². The monoisotopic (exact) mass is 276 g/mol. The molecule has 108 valence electrons. The van der Waals surface area contributed by atoms with E-state index in [2.05, 4.69) is 4.98 Å². The zero-order chi connectivity index (χ0) is 14.2. The fourth-order valence-electron chi connectivity index (χ4n) is 3.75. The Labute approximate surface area is 118 Å². The molecule has 2 heterocycles. The molecule has 0 amide bonds. The van der Waals surface area contributed by atoms with E-state index in [1.165, 1.54) is 0 Å². The van der Waals surface area contributed by atoms with Crippen LogP contribution in [0.25, 0.3) is 0 Å². The van der Waals surface area contributed by atoms with E-state index >= 15 is 0 Å². The van der Waals surface area contributed by atoms with Crippen LogP contribution in [0.15, 0.2) is 18.3 Å². The first kappa shape index (κ1) is 13.4. The highest BCUT2D eigenvalue weighted by Gasteiger charge is 2.45. The van der Waals surface area contributed by atoms with E-state index in [4.69, 9.17) is 0 Å². The Kier molecular flexibility index (Phi) is 3.38. The molecule has 1 saturated carbocycles. The van der Waals surface area contributed by atoms with Gasteiger partial charge in [-0.05, 0) is 37.8 Å². The molecule has 20 heavy (non-hydrogen) atoms. The van der Waals surface area contributed by atoms with Crippen molar-refractivity contribution in [2.24, 2.45) is 5.41 Å². The average molecular weight is 276 g/mol. The van der Waals surface area contributed by atoms with Crippen LogP contribution >= 0.6 is 0 Å². The van der Waals surface area contributed by atoms with Crippen molar-refractivity contribution in [2.75, 3.05) is 18.0 Å². The summed E-state index contributed by atoms with van der Waals surface area (Å²) in [6, 6.07) is 3.24. The van der Waals surface area contributed by atoms with Gasteiger partial charge in [0.25, 0.3) is 0 Å². The number of nitrogens with zero attached hydrogens (tertiary/aromatic N) is 2. The Morgan fingerprint density at radius 1 is 1.40 bits per heavy atom. The first-order valence-electron chi connectivity index (χ1n) is 7.24. The maximum atomic E-state index is 11.3. The number of pyridine rings is 1. The van der Waals surface area contributed by atoms with E-state index in [0.717, 1.165) is 38.6 Å². The summed E-state index contributed by atoms with van der Waals surface area (Å²) in [5.74, 6) is -0.405. The molecule has 5 nitrogen and oxygen atoms in total. The number of anilines is 1. The molecule has 3 rings (SSSR count). The van der Waals surface area contributed by atoms with Crippen LogP contribution in [0.1, 0.15) is 42.5 Å². The first-order chi connectivity index (χ1) is 9.62. The summed E-state index contributed by atoms with van der Waals surface area (Å²) in [4.78, 5) is 17.6. The maximum Gasteiger partial charge on any atom is 0.339 e. The molecule has 2 aliphatic rings. The van der Waals surface area contributed by atoms with Crippen LogP contribution in [0.2, 0.25) is 0 Å². The molecule has 1 saturated heterocycles. The summed E-state index contributed by atoms with van der Waals surface area (Å²) in [5, 5.41) is 19.6. The van der Waals surface area contributed by atoms with Crippen molar-refractivity contribution in [2.45, 2.75) is 38.2 Å². The third kappa shape index (κ3) is 2.16. The van der Waals surface area contributed by atoms with Crippen LogP contribution in [-0.2, 0) is 0 Å². The van der Waals surface area contributed by atoms with Crippen LogP contribution in [0.3, 0.4) is 0 Å². The number of carboxylic acid groups (broad SMARTS) is 1. The normalized spacial score (nSPS) is 29.9. The van der Waals surface area contributed by atoms with Gasteiger partial charge in [-0.3, -0.25) is 0 Å². The predicted molar refractivity (Wildman–Crippen MR) is 74.9 cm³/mol. The molecule has 5 heteroatoms. The second-order valence-corrected chi connectivity index (χ2v) is 5.98. The number of carbonyl (C=O) groups is 1. The highest BCUT2D eigenvalue weighted by atomic mass is 16.4. The van der Waals surface area contributed by atoms with E-state index in [0.29, 0.717) is 12.4 Å². The molecule has 0 radical (unpaired) electrons. The Balaban J connectivity index is 1.89. The number of aromatic nitrogens is 1. The zero-order valence-corrected chi connectivity index (χ0v) is 11.5. The molecule has 0 bridgehead atoms. The number of carboxylic acids is 1. The summed E-state index contributed by atoms with van der Waals surface area (Å²) >= 11 is 0. The number of hydrogen-bond donors (Lipinski definition) is 2.